The Morgan fingerprint density at radius 2 is 2.57 bits per heavy atom. The van der Waals surface area contributed by atoms with Gasteiger partial charge in [0.2, 0.25) is 0 Å². The summed E-state index contributed by atoms with van der Waals surface area (Å²) in [7, 11) is 1.73. The summed E-state index contributed by atoms with van der Waals surface area (Å²) < 4.78 is 0.627. The van der Waals surface area contributed by atoms with E-state index >= 15 is 0 Å². The molecule has 0 saturated carbocycles. The third-order valence-corrected chi connectivity index (χ3v) is 1.55. The van der Waals surface area contributed by atoms with Crippen molar-refractivity contribution in [3.05, 3.63) is 0 Å². The van der Waals surface area contributed by atoms with Gasteiger partial charge in [0.1, 0.15) is 4.32 Å². The molecule has 2 N–H and O–H groups in total. The number of hydrogen-bond donors (Lipinski definition) is 2. The van der Waals surface area contributed by atoms with Crippen LogP contribution in [-0.2, 0) is 0 Å². The van der Waals surface area contributed by atoms with Gasteiger partial charge in [-0.25, -0.2) is 0 Å². The van der Waals surface area contributed by atoms with Crippen molar-refractivity contribution >= 4 is 28.3 Å². The molecule has 0 fully saturated rings. The Morgan fingerprint density at radius 1 is 2.00 bits per heavy atom. The van der Waals surface area contributed by atoms with Crippen molar-refractivity contribution in [1.82, 2.24) is 5.32 Å². The molecule has 0 radical (unpaired) electrons. The predicted octanol–water partition coefficient (Wildman–Crippen LogP) is 0.174. The second-order valence-electron chi connectivity index (χ2n) is 0.811. The molecule has 7 heavy (non-hydrogen) atoms. The van der Waals surface area contributed by atoms with Crippen molar-refractivity contribution in [2.75, 3.05) is 13.0 Å². The summed E-state index contributed by atoms with van der Waals surface area (Å²) in [4.78, 5) is 0. The Hall–Kier alpha value is 0.200. The highest BCUT2D eigenvalue weighted by atomic mass is 32.2. The van der Waals surface area contributed by atoms with Crippen molar-refractivity contribution < 1.29 is 5.11 Å². The molecule has 0 amide bonds. The van der Waals surface area contributed by atoms with Crippen LogP contribution < -0.4 is 5.32 Å². The van der Waals surface area contributed by atoms with Crippen LogP contribution in [0.4, 0.5) is 0 Å². The van der Waals surface area contributed by atoms with E-state index in [0.717, 1.165) is 0 Å². The van der Waals surface area contributed by atoms with Crippen LogP contribution in [0.2, 0.25) is 0 Å². The molecule has 0 rings (SSSR count). The van der Waals surface area contributed by atoms with E-state index in [1.54, 1.807) is 7.05 Å². The smallest absolute Gasteiger partial charge is 0.135 e. The first-order valence-corrected chi connectivity index (χ1v) is 3.16. The van der Waals surface area contributed by atoms with Crippen LogP contribution in [0.1, 0.15) is 0 Å². The van der Waals surface area contributed by atoms with Crippen LogP contribution in [0.5, 0.6) is 0 Å². The van der Waals surface area contributed by atoms with Gasteiger partial charge >= 0.3 is 0 Å². The molecular weight excluding hydrogens is 130 g/mol. The van der Waals surface area contributed by atoms with Crippen LogP contribution >= 0.6 is 24.0 Å². The molecule has 0 spiro atoms. The van der Waals surface area contributed by atoms with Gasteiger partial charge in [-0.15, -0.1) is 0 Å². The molecule has 0 unspecified atom stereocenters. The van der Waals surface area contributed by atoms with E-state index in [-0.39, 0.29) is 5.94 Å². The molecule has 4 heteroatoms. The van der Waals surface area contributed by atoms with E-state index in [4.69, 9.17) is 5.11 Å². The molecule has 0 aromatic carbocycles. The SMILES string of the molecule is CNC(=S)SCO. The van der Waals surface area contributed by atoms with Crippen molar-refractivity contribution in [2.24, 2.45) is 0 Å². The highest BCUT2D eigenvalue weighted by Gasteiger charge is 1.86. The highest BCUT2D eigenvalue weighted by Crippen LogP contribution is 1.95. The summed E-state index contributed by atoms with van der Waals surface area (Å²) in [6.07, 6.45) is 0. The maximum absolute atomic E-state index is 8.20. The molecule has 0 heterocycles. The topological polar surface area (TPSA) is 32.3 Å². The quantitative estimate of drug-likeness (QED) is 0.399. The zero-order valence-corrected chi connectivity index (χ0v) is 5.60. The monoisotopic (exact) mass is 137 g/mol. The summed E-state index contributed by atoms with van der Waals surface area (Å²) in [5.41, 5.74) is 0. The number of aliphatic hydroxyl groups is 1. The fraction of sp³-hybridized carbons (Fsp3) is 0.667. The Labute approximate surface area is 52.3 Å². The fourth-order valence-electron chi connectivity index (χ4n) is 0.131. The van der Waals surface area contributed by atoms with Gasteiger partial charge in [-0.3, -0.25) is 0 Å². The van der Waals surface area contributed by atoms with E-state index in [1.807, 2.05) is 0 Å². The first kappa shape index (κ1) is 7.20. The summed E-state index contributed by atoms with van der Waals surface area (Å²) >= 11 is 5.85. The fourth-order valence-corrected chi connectivity index (χ4v) is 0.551. The second kappa shape index (κ2) is 4.36. The van der Waals surface area contributed by atoms with E-state index in [2.05, 4.69) is 17.5 Å². The minimum atomic E-state index is 0.0552. The van der Waals surface area contributed by atoms with Gasteiger partial charge in [-0.2, -0.15) is 0 Å². The summed E-state index contributed by atoms with van der Waals surface area (Å²) in [5, 5.41) is 10.9. The maximum Gasteiger partial charge on any atom is 0.135 e. The highest BCUT2D eigenvalue weighted by molar-refractivity contribution is 8.22. The van der Waals surface area contributed by atoms with Crippen molar-refractivity contribution in [1.29, 1.82) is 0 Å². The lowest BCUT2D eigenvalue weighted by Crippen LogP contribution is -2.10. The number of aliphatic hydroxyl groups excluding tert-OH is 1. The number of thioether (sulfide) groups is 1. The van der Waals surface area contributed by atoms with Gasteiger partial charge in [0.05, 0.1) is 5.94 Å². The lowest BCUT2D eigenvalue weighted by Gasteiger charge is -1.94. The average molecular weight is 137 g/mol. The van der Waals surface area contributed by atoms with E-state index < -0.39 is 0 Å². The number of thiocarbonyl (C=S) groups is 1. The van der Waals surface area contributed by atoms with Crippen molar-refractivity contribution in [3.63, 3.8) is 0 Å². The zero-order chi connectivity index (χ0) is 5.70. The molecule has 0 aliphatic heterocycles. The third kappa shape index (κ3) is 4.04. The van der Waals surface area contributed by atoms with Crippen molar-refractivity contribution in [2.45, 2.75) is 0 Å². The van der Waals surface area contributed by atoms with Gasteiger partial charge in [-0.05, 0) is 0 Å². The van der Waals surface area contributed by atoms with Crippen LogP contribution in [-0.4, -0.2) is 22.4 Å². The molecule has 0 saturated heterocycles. The van der Waals surface area contributed by atoms with E-state index in [9.17, 15) is 0 Å². The minimum absolute atomic E-state index is 0.0552. The van der Waals surface area contributed by atoms with Gasteiger partial charge in [0, 0.05) is 7.05 Å². The molecule has 2 nitrogen and oxygen atoms in total. The standard InChI is InChI=1S/C3H7NOS2/c1-4-3(6)7-2-5/h5H,2H2,1H3,(H,4,6). The average Bonchev–Trinajstić information content (AvgIpc) is 1.68. The Balaban J connectivity index is 3.00. The van der Waals surface area contributed by atoms with Crippen LogP contribution in [0.15, 0.2) is 0 Å². The molecule has 0 aliphatic carbocycles. The number of nitrogens with one attached hydrogen (secondary N) is 1. The van der Waals surface area contributed by atoms with Crippen LogP contribution in [0.3, 0.4) is 0 Å². The summed E-state index contributed by atoms with van der Waals surface area (Å²) in [5.74, 6) is 0.0552. The minimum Gasteiger partial charge on any atom is -0.385 e. The number of hydrogen-bond acceptors (Lipinski definition) is 3. The lowest BCUT2D eigenvalue weighted by molar-refractivity contribution is 0.376. The van der Waals surface area contributed by atoms with E-state index in [1.165, 1.54) is 11.8 Å². The Morgan fingerprint density at radius 3 is 2.71 bits per heavy atom. The normalized spacial score (nSPS) is 8.29. The first-order chi connectivity index (χ1) is 3.31. The molecular formula is C3H7NOS2. The largest absolute Gasteiger partial charge is 0.385 e. The Kier molecular flexibility index (Phi) is 4.49. The summed E-state index contributed by atoms with van der Waals surface area (Å²) in [6.45, 7) is 0. The second-order valence-corrected chi connectivity index (χ2v) is 2.43. The maximum atomic E-state index is 8.20. The molecule has 0 aromatic heterocycles. The lowest BCUT2D eigenvalue weighted by atomic mass is 11.2. The summed E-state index contributed by atoms with van der Waals surface area (Å²) in [6, 6.07) is 0. The van der Waals surface area contributed by atoms with Crippen LogP contribution in [0.25, 0.3) is 0 Å². The van der Waals surface area contributed by atoms with Gasteiger partial charge < -0.3 is 10.4 Å². The first-order valence-electron chi connectivity index (χ1n) is 1.76. The third-order valence-electron chi connectivity index (χ3n) is 0.400. The van der Waals surface area contributed by atoms with Gasteiger partial charge in [0.25, 0.3) is 0 Å². The molecule has 0 atom stereocenters. The molecule has 0 aliphatic rings. The predicted molar refractivity (Wildman–Crippen MR) is 36.3 cm³/mol. The molecule has 0 aromatic rings. The molecule has 0 bridgehead atoms. The Bertz CT molecular complexity index is 66.0. The van der Waals surface area contributed by atoms with E-state index in [0.29, 0.717) is 4.32 Å². The zero-order valence-electron chi connectivity index (χ0n) is 3.97. The van der Waals surface area contributed by atoms with Gasteiger partial charge in [-0.1, -0.05) is 24.0 Å². The molecule has 42 valence electrons. The number of rotatable bonds is 1. The van der Waals surface area contributed by atoms with Crippen molar-refractivity contribution in [3.8, 4) is 0 Å². The van der Waals surface area contributed by atoms with Crippen LogP contribution in [0, 0.1) is 0 Å². The van der Waals surface area contributed by atoms with Gasteiger partial charge in [0.15, 0.2) is 0 Å².